The van der Waals surface area contributed by atoms with E-state index in [4.69, 9.17) is 12.2 Å². The Labute approximate surface area is 107 Å². The number of hydrogen-bond acceptors (Lipinski definition) is 2. The van der Waals surface area contributed by atoms with E-state index in [1.165, 1.54) is 5.56 Å². The van der Waals surface area contributed by atoms with Gasteiger partial charge in [0.1, 0.15) is 0 Å². The molecular weight excluding hydrogens is 232 g/mol. The summed E-state index contributed by atoms with van der Waals surface area (Å²) in [5, 5.41) is 5.84. The van der Waals surface area contributed by atoms with Crippen molar-refractivity contribution < 1.29 is 4.79 Å². The van der Waals surface area contributed by atoms with Crippen LogP contribution < -0.4 is 10.6 Å². The van der Waals surface area contributed by atoms with Gasteiger partial charge in [-0.3, -0.25) is 4.79 Å². The molecule has 1 aromatic carbocycles. The number of benzene rings is 1. The van der Waals surface area contributed by atoms with Gasteiger partial charge >= 0.3 is 0 Å². The van der Waals surface area contributed by atoms with Crippen molar-refractivity contribution in [3.63, 3.8) is 0 Å². The Morgan fingerprint density at radius 2 is 2.24 bits per heavy atom. The van der Waals surface area contributed by atoms with Gasteiger partial charge in [0.25, 0.3) is 5.91 Å². The van der Waals surface area contributed by atoms with Gasteiger partial charge in [-0.2, -0.15) is 0 Å². The highest BCUT2D eigenvalue weighted by atomic mass is 32.1. The normalized spacial score (nSPS) is 14.2. The van der Waals surface area contributed by atoms with E-state index in [2.05, 4.69) is 16.7 Å². The number of thiocarbonyl (C=S) groups is 1. The summed E-state index contributed by atoms with van der Waals surface area (Å²) >= 11 is 5.01. The van der Waals surface area contributed by atoms with Crippen molar-refractivity contribution in [3.8, 4) is 0 Å². The molecule has 0 aromatic heterocycles. The van der Waals surface area contributed by atoms with E-state index in [0.29, 0.717) is 17.6 Å². The first kappa shape index (κ1) is 12.0. The van der Waals surface area contributed by atoms with Gasteiger partial charge in [-0.25, -0.2) is 0 Å². The molecule has 0 unspecified atom stereocenters. The van der Waals surface area contributed by atoms with Crippen LogP contribution in [0.25, 0.3) is 0 Å². The minimum absolute atomic E-state index is 0.187. The van der Waals surface area contributed by atoms with Crippen molar-refractivity contribution in [2.45, 2.75) is 32.4 Å². The second-order valence-electron chi connectivity index (χ2n) is 4.42. The highest BCUT2D eigenvalue weighted by Gasteiger charge is 2.23. The zero-order valence-corrected chi connectivity index (χ0v) is 10.6. The first-order valence-electron chi connectivity index (χ1n) is 5.79. The van der Waals surface area contributed by atoms with Gasteiger partial charge in [0, 0.05) is 12.6 Å². The van der Waals surface area contributed by atoms with Crippen molar-refractivity contribution in [1.29, 1.82) is 0 Å². The number of hydrogen-bond donors (Lipinski definition) is 2. The summed E-state index contributed by atoms with van der Waals surface area (Å²) in [6.07, 6.45) is 2.23. The van der Waals surface area contributed by atoms with Crippen LogP contribution in [-0.2, 0) is 11.3 Å². The standard InChI is InChI=1S/C13H16N2OS/c1-9-3-2-4-10(7-9)8-14-12(16)13(17)15-11-5-6-11/h2-4,7,11H,5-6,8H2,1H3,(H,14,16)(H,15,17). The third-order valence-electron chi connectivity index (χ3n) is 2.65. The van der Waals surface area contributed by atoms with Crippen LogP contribution in [0.5, 0.6) is 0 Å². The molecule has 2 N–H and O–H groups in total. The van der Waals surface area contributed by atoms with Gasteiger partial charge in [0.15, 0.2) is 4.99 Å². The first-order valence-corrected chi connectivity index (χ1v) is 6.20. The lowest BCUT2D eigenvalue weighted by Gasteiger charge is -2.08. The molecule has 1 aliphatic rings. The maximum absolute atomic E-state index is 11.6. The molecule has 90 valence electrons. The second-order valence-corrected chi connectivity index (χ2v) is 4.83. The Hall–Kier alpha value is -1.42. The maximum Gasteiger partial charge on any atom is 0.278 e. The molecule has 1 fully saturated rings. The lowest BCUT2D eigenvalue weighted by Crippen LogP contribution is -2.39. The summed E-state index contributed by atoms with van der Waals surface area (Å²) in [5.74, 6) is -0.187. The fraction of sp³-hybridized carbons (Fsp3) is 0.385. The number of rotatable bonds is 3. The molecule has 3 nitrogen and oxygen atoms in total. The molecule has 0 spiro atoms. The predicted molar refractivity (Wildman–Crippen MR) is 71.8 cm³/mol. The van der Waals surface area contributed by atoms with E-state index in [9.17, 15) is 4.79 Å². The molecule has 1 saturated carbocycles. The summed E-state index contributed by atoms with van der Waals surface area (Å²) in [7, 11) is 0. The van der Waals surface area contributed by atoms with E-state index >= 15 is 0 Å². The number of carbonyl (C=O) groups excluding carboxylic acids is 1. The van der Waals surface area contributed by atoms with E-state index in [-0.39, 0.29) is 5.91 Å². The third kappa shape index (κ3) is 3.82. The van der Waals surface area contributed by atoms with Gasteiger partial charge in [-0.05, 0) is 25.3 Å². The molecule has 1 aliphatic carbocycles. The quantitative estimate of drug-likeness (QED) is 0.800. The maximum atomic E-state index is 11.6. The van der Waals surface area contributed by atoms with Crippen LogP contribution in [0, 0.1) is 6.92 Å². The molecular formula is C13H16N2OS. The van der Waals surface area contributed by atoms with Crippen LogP contribution in [0.4, 0.5) is 0 Å². The highest BCUT2D eigenvalue weighted by molar-refractivity contribution is 7.82. The second kappa shape index (κ2) is 5.27. The fourth-order valence-electron chi connectivity index (χ4n) is 1.56. The predicted octanol–water partition coefficient (Wildman–Crippen LogP) is 1.69. The highest BCUT2D eigenvalue weighted by Crippen LogP contribution is 2.18. The van der Waals surface area contributed by atoms with E-state index in [0.717, 1.165) is 18.4 Å². The summed E-state index contributed by atoms with van der Waals surface area (Å²) in [6.45, 7) is 2.55. The SMILES string of the molecule is Cc1cccc(CNC(=O)C(=S)NC2CC2)c1. The van der Waals surface area contributed by atoms with Crippen molar-refractivity contribution >= 4 is 23.1 Å². The molecule has 0 radical (unpaired) electrons. The van der Waals surface area contributed by atoms with Gasteiger partial charge in [-0.15, -0.1) is 0 Å². The van der Waals surface area contributed by atoms with E-state index in [1.54, 1.807) is 0 Å². The van der Waals surface area contributed by atoms with Crippen LogP contribution in [0.3, 0.4) is 0 Å². The van der Waals surface area contributed by atoms with Gasteiger partial charge in [0.2, 0.25) is 0 Å². The minimum Gasteiger partial charge on any atom is -0.369 e. The summed E-state index contributed by atoms with van der Waals surface area (Å²) in [6, 6.07) is 8.48. The zero-order valence-electron chi connectivity index (χ0n) is 9.82. The average molecular weight is 248 g/mol. The lowest BCUT2D eigenvalue weighted by atomic mass is 10.1. The smallest absolute Gasteiger partial charge is 0.278 e. The molecule has 1 amide bonds. The largest absolute Gasteiger partial charge is 0.369 e. The number of amides is 1. The Bertz CT molecular complexity index is 441. The molecule has 0 saturated heterocycles. The summed E-state index contributed by atoms with van der Waals surface area (Å²) in [5.41, 5.74) is 2.28. The van der Waals surface area contributed by atoms with Crippen molar-refractivity contribution in [2.24, 2.45) is 0 Å². The van der Waals surface area contributed by atoms with Crippen LogP contribution >= 0.6 is 12.2 Å². The van der Waals surface area contributed by atoms with E-state index in [1.807, 2.05) is 25.1 Å². The van der Waals surface area contributed by atoms with Gasteiger partial charge in [0.05, 0.1) is 0 Å². The van der Waals surface area contributed by atoms with Crippen molar-refractivity contribution in [2.75, 3.05) is 0 Å². The molecule has 2 rings (SSSR count). The minimum atomic E-state index is -0.187. The van der Waals surface area contributed by atoms with Crippen molar-refractivity contribution in [1.82, 2.24) is 10.6 Å². The van der Waals surface area contributed by atoms with Gasteiger partial charge in [-0.1, -0.05) is 42.0 Å². The molecule has 0 bridgehead atoms. The summed E-state index contributed by atoms with van der Waals surface area (Å²) < 4.78 is 0. The Balaban J connectivity index is 1.80. The Morgan fingerprint density at radius 3 is 2.88 bits per heavy atom. The number of carbonyl (C=O) groups is 1. The number of aryl methyl sites for hydroxylation is 1. The van der Waals surface area contributed by atoms with Crippen LogP contribution in [0.2, 0.25) is 0 Å². The Kier molecular flexibility index (Phi) is 3.74. The van der Waals surface area contributed by atoms with Crippen LogP contribution in [0.15, 0.2) is 24.3 Å². The fourth-order valence-corrected chi connectivity index (χ4v) is 1.80. The molecule has 0 aliphatic heterocycles. The number of nitrogens with one attached hydrogen (secondary N) is 2. The zero-order chi connectivity index (χ0) is 12.3. The Morgan fingerprint density at radius 1 is 1.47 bits per heavy atom. The monoisotopic (exact) mass is 248 g/mol. The first-order chi connectivity index (χ1) is 8.15. The average Bonchev–Trinajstić information content (AvgIpc) is 3.10. The molecule has 17 heavy (non-hydrogen) atoms. The van der Waals surface area contributed by atoms with Crippen LogP contribution in [0.1, 0.15) is 24.0 Å². The third-order valence-corrected chi connectivity index (χ3v) is 2.96. The molecule has 4 heteroatoms. The molecule has 1 aromatic rings. The topological polar surface area (TPSA) is 41.1 Å². The van der Waals surface area contributed by atoms with Crippen LogP contribution in [-0.4, -0.2) is 16.9 Å². The summed E-state index contributed by atoms with van der Waals surface area (Å²) in [4.78, 5) is 12.0. The van der Waals surface area contributed by atoms with Gasteiger partial charge < -0.3 is 10.6 Å². The molecule has 0 atom stereocenters. The van der Waals surface area contributed by atoms with Crippen molar-refractivity contribution in [3.05, 3.63) is 35.4 Å². The van der Waals surface area contributed by atoms with E-state index < -0.39 is 0 Å². The lowest BCUT2D eigenvalue weighted by molar-refractivity contribution is -0.115. The molecule has 0 heterocycles.